The zero-order valence-corrected chi connectivity index (χ0v) is 13.0. The molecule has 112 valence electrons. The maximum absolute atomic E-state index is 11.7. The van der Waals surface area contributed by atoms with Gasteiger partial charge in [0.25, 0.3) is 5.91 Å². The Kier molecular flexibility index (Phi) is 5.88. The zero-order chi connectivity index (χ0) is 15.8. The quantitative estimate of drug-likeness (QED) is 0.880. The summed E-state index contributed by atoms with van der Waals surface area (Å²) in [5.74, 6) is 6.31. The van der Waals surface area contributed by atoms with E-state index in [0.29, 0.717) is 10.8 Å². The van der Waals surface area contributed by atoms with E-state index in [9.17, 15) is 4.79 Å². The van der Waals surface area contributed by atoms with Crippen LogP contribution in [0.4, 0.5) is 0 Å². The molecule has 2 aromatic rings. The molecule has 0 saturated carbocycles. The average molecular weight is 314 g/mol. The molecule has 0 aromatic heterocycles. The first-order chi connectivity index (χ1) is 10.6. The number of benzene rings is 2. The van der Waals surface area contributed by atoms with Crippen molar-refractivity contribution >= 4 is 17.5 Å². The van der Waals surface area contributed by atoms with Gasteiger partial charge in [-0.3, -0.25) is 4.79 Å². The van der Waals surface area contributed by atoms with Crippen LogP contribution in [-0.2, 0) is 4.79 Å². The number of para-hydroxylation sites is 1. The molecular weight excluding hydrogens is 298 g/mol. The van der Waals surface area contributed by atoms with Gasteiger partial charge in [0.05, 0.1) is 6.54 Å². The van der Waals surface area contributed by atoms with Crippen LogP contribution >= 0.6 is 11.6 Å². The van der Waals surface area contributed by atoms with Crippen LogP contribution in [0.3, 0.4) is 0 Å². The van der Waals surface area contributed by atoms with Gasteiger partial charge >= 0.3 is 0 Å². The van der Waals surface area contributed by atoms with Crippen molar-refractivity contribution in [1.82, 2.24) is 5.32 Å². The summed E-state index contributed by atoms with van der Waals surface area (Å²) in [6, 6.07) is 14.8. The lowest BCUT2D eigenvalue weighted by molar-refractivity contribution is -0.122. The molecule has 0 bridgehead atoms. The predicted octanol–water partition coefficient (Wildman–Crippen LogP) is 3.20. The fraction of sp³-hybridized carbons (Fsp3) is 0.167. The van der Waals surface area contributed by atoms with E-state index >= 15 is 0 Å². The molecular formula is C18H16ClNO2. The summed E-state index contributed by atoms with van der Waals surface area (Å²) in [6.07, 6.45) is 0. The van der Waals surface area contributed by atoms with Crippen LogP contribution in [0.15, 0.2) is 48.5 Å². The van der Waals surface area contributed by atoms with Crippen molar-refractivity contribution in [3.63, 3.8) is 0 Å². The summed E-state index contributed by atoms with van der Waals surface area (Å²) in [6.45, 7) is 2.18. The van der Waals surface area contributed by atoms with E-state index in [-0.39, 0.29) is 19.1 Å². The molecule has 0 unspecified atom stereocenters. The number of carbonyl (C=O) groups excluding carboxylic acids is 1. The Morgan fingerprint density at radius 3 is 2.82 bits per heavy atom. The second-order valence-electron chi connectivity index (χ2n) is 4.64. The SMILES string of the molecule is Cc1ccccc1OCC(=O)NCC#Cc1cccc(Cl)c1. The van der Waals surface area contributed by atoms with Gasteiger partial charge in [-0.2, -0.15) is 0 Å². The third kappa shape index (κ3) is 5.16. The molecule has 0 radical (unpaired) electrons. The van der Waals surface area contributed by atoms with E-state index in [0.717, 1.165) is 11.1 Å². The molecule has 0 aliphatic heterocycles. The second kappa shape index (κ2) is 8.11. The number of rotatable bonds is 4. The fourth-order valence-electron chi connectivity index (χ4n) is 1.77. The van der Waals surface area contributed by atoms with Crippen LogP contribution in [0.5, 0.6) is 5.75 Å². The number of hydrogen-bond donors (Lipinski definition) is 1. The van der Waals surface area contributed by atoms with Crippen LogP contribution in [-0.4, -0.2) is 19.1 Å². The number of halogens is 1. The smallest absolute Gasteiger partial charge is 0.258 e. The van der Waals surface area contributed by atoms with Gasteiger partial charge in [-0.25, -0.2) is 0 Å². The lowest BCUT2D eigenvalue weighted by Crippen LogP contribution is -2.29. The minimum absolute atomic E-state index is 0.0241. The first-order valence-corrected chi connectivity index (χ1v) is 7.22. The van der Waals surface area contributed by atoms with Crippen molar-refractivity contribution in [2.75, 3.05) is 13.2 Å². The van der Waals surface area contributed by atoms with Crippen LogP contribution in [0, 0.1) is 18.8 Å². The van der Waals surface area contributed by atoms with Crippen LogP contribution in [0.1, 0.15) is 11.1 Å². The molecule has 2 rings (SSSR count). The van der Waals surface area contributed by atoms with Gasteiger partial charge < -0.3 is 10.1 Å². The van der Waals surface area contributed by atoms with Crippen LogP contribution < -0.4 is 10.1 Å². The first-order valence-electron chi connectivity index (χ1n) is 6.85. The third-order valence-electron chi connectivity index (χ3n) is 2.88. The maximum atomic E-state index is 11.7. The number of nitrogens with one attached hydrogen (secondary N) is 1. The fourth-order valence-corrected chi connectivity index (χ4v) is 1.96. The van der Waals surface area contributed by atoms with Crippen molar-refractivity contribution < 1.29 is 9.53 Å². The van der Waals surface area contributed by atoms with Gasteiger partial charge in [0.2, 0.25) is 0 Å². The third-order valence-corrected chi connectivity index (χ3v) is 3.12. The highest BCUT2D eigenvalue weighted by Crippen LogP contribution is 2.15. The lowest BCUT2D eigenvalue weighted by Gasteiger charge is -2.07. The van der Waals surface area contributed by atoms with Crippen molar-refractivity contribution in [1.29, 1.82) is 0 Å². The highest BCUT2D eigenvalue weighted by molar-refractivity contribution is 6.30. The molecule has 0 aliphatic rings. The summed E-state index contributed by atoms with van der Waals surface area (Å²) in [5, 5.41) is 3.33. The average Bonchev–Trinajstić information content (AvgIpc) is 2.51. The van der Waals surface area contributed by atoms with E-state index in [1.54, 1.807) is 12.1 Å². The molecule has 4 heteroatoms. The number of hydrogen-bond acceptors (Lipinski definition) is 2. The van der Waals surface area contributed by atoms with E-state index in [4.69, 9.17) is 16.3 Å². The molecule has 2 aromatic carbocycles. The summed E-state index contributed by atoms with van der Waals surface area (Å²) in [5.41, 5.74) is 1.81. The second-order valence-corrected chi connectivity index (χ2v) is 5.08. The first kappa shape index (κ1) is 15.9. The monoisotopic (exact) mass is 313 g/mol. The van der Waals surface area contributed by atoms with Gasteiger partial charge in [0.1, 0.15) is 5.75 Å². The Labute approximate surface area is 135 Å². The Morgan fingerprint density at radius 1 is 1.23 bits per heavy atom. The molecule has 3 nitrogen and oxygen atoms in total. The van der Waals surface area contributed by atoms with Gasteiger partial charge in [-0.05, 0) is 36.8 Å². The minimum atomic E-state index is -0.205. The van der Waals surface area contributed by atoms with Crippen molar-refractivity contribution in [2.24, 2.45) is 0 Å². The zero-order valence-electron chi connectivity index (χ0n) is 12.2. The molecule has 0 atom stereocenters. The lowest BCUT2D eigenvalue weighted by atomic mass is 10.2. The molecule has 0 aliphatic carbocycles. The Bertz CT molecular complexity index is 716. The Morgan fingerprint density at radius 2 is 2.05 bits per heavy atom. The highest BCUT2D eigenvalue weighted by atomic mass is 35.5. The van der Waals surface area contributed by atoms with Crippen LogP contribution in [0.2, 0.25) is 5.02 Å². The summed E-state index contributed by atoms with van der Waals surface area (Å²) < 4.78 is 5.45. The number of aryl methyl sites for hydroxylation is 1. The number of amides is 1. The van der Waals surface area contributed by atoms with Gasteiger partial charge in [-0.1, -0.05) is 47.7 Å². The van der Waals surface area contributed by atoms with Gasteiger partial charge in [0, 0.05) is 10.6 Å². The van der Waals surface area contributed by atoms with E-state index in [1.165, 1.54) is 0 Å². The van der Waals surface area contributed by atoms with E-state index in [2.05, 4.69) is 17.2 Å². The summed E-state index contributed by atoms with van der Waals surface area (Å²) in [7, 11) is 0. The normalized spacial score (nSPS) is 9.55. The topological polar surface area (TPSA) is 38.3 Å². The number of carbonyl (C=O) groups is 1. The highest BCUT2D eigenvalue weighted by Gasteiger charge is 2.02. The molecule has 0 heterocycles. The molecule has 22 heavy (non-hydrogen) atoms. The standard InChI is InChI=1S/C18H16ClNO2/c1-14-6-2-3-10-17(14)22-13-18(21)20-11-5-8-15-7-4-9-16(19)12-15/h2-4,6-7,9-10,12H,11,13H2,1H3,(H,20,21). The molecule has 0 spiro atoms. The summed E-state index contributed by atoms with van der Waals surface area (Å²) >= 11 is 5.87. The minimum Gasteiger partial charge on any atom is -0.484 e. The van der Waals surface area contributed by atoms with Crippen molar-refractivity contribution in [3.8, 4) is 17.6 Å². The molecule has 1 N–H and O–H groups in total. The van der Waals surface area contributed by atoms with Crippen molar-refractivity contribution in [2.45, 2.75) is 6.92 Å². The molecule has 1 amide bonds. The largest absolute Gasteiger partial charge is 0.484 e. The van der Waals surface area contributed by atoms with Crippen LogP contribution in [0.25, 0.3) is 0 Å². The molecule has 0 fully saturated rings. The Hall–Kier alpha value is -2.44. The van der Waals surface area contributed by atoms with Gasteiger partial charge in [0.15, 0.2) is 6.61 Å². The molecule has 0 saturated heterocycles. The Balaban J connectivity index is 1.76. The maximum Gasteiger partial charge on any atom is 0.258 e. The summed E-state index contributed by atoms with van der Waals surface area (Å²) in [4.78, 5) is 11.7. The predicted molar refractivity (Wildman–Crippen MR) is 88.0 cm³/mol. The number of ether oxygens (including phenoxy) is 1. The van der Waals surface area contributed by atoms with Crippen molar-refractivity contribution in [3.05, 3.63) is 64.7 Å². The van der Waals surface area contributed by atoms with Gasteiger partial charge in [-0.15, -0.1) is 0 Å². The van der Waals surface area contributed by atoms with E-state index < -0.39 is 0 Å². The van der Waals surface area contributed by atoms with E-state index in [1.807, 2.05) is 43.3 Å².